The van der Waals surface area contributed by atoms with Crippen molar-refractivity contribution in [2.24, 2.45) is 5.92 Å². The van der Waals surface area contributed by atoms with E-state index >= 15 is 0 Å². The lowest BCUT2D eigenvalue weighted by atomic mass is 9.86. The average Bonchev–Trinajstić information content (AvgIpc) is 3.19. The number of ether oxygens (including phenoxy) is 1. The summed E-state index contributed by atoms with van der Waals surface area (Å²) in [6, 6.07) is 4.78. The Morgan fingerprint density at radius 3 is 2.63 bits per heavy atom. The molecule has 30 heavy (non-hydrogen) atoms. The van der Waals surface area contributed by atoms with E-state index in [1.165, 1.54) is 13.1 Å². The summed E-state index contributed by atoms with van der Waals surface area (Å²) in [6.07, 6.45) is 0.992. The number of anilines is 1. The minimum Gasteiger partial charge on any atom is -0.478 e. The summed E-state index contributed by atoms with van der Waals surface area (Å²) in [7, 11) is -0.751. The third kappa shape index (κ3) is 3.16. The number of carbonyl (C=O) groups excluding carboxylic acids is 2. The Kier molecular flexibility index (Phi) is 4.86. The SMILES string of the molecule is CNS(=O)(=O)c1cc2c(c(C3CN(C)C(=O)c4[nH]ccc43)c1)OC(C(C)C)C(=O)N2. The highest BCUT2D eigenvalue weighted by atomic mass is 32.2. The molecule has 2 aliphatic heterocycles. The van der Waals surface area contributed by atoms with Crippen molar-refractivity contribution in [3.63, 3.8) is 0 Å². The van der Waals surface area contributed by atoms with Crippen LogP contribution in [0.25, 0.3) is 0 Å². The lowest BCUT2D eigenvalue weighted by Crippen LogP contribution is -2.42. The molecule has 2 aliphatic rings. The molecule has 3 heterocycles. The highest BCUT2D eigenvalue weighted by Crippen LogP contribution is 2.44. The van der Waals surface area contributed by atoms with Gasteiger partial charge in [-0.15, -0.1) is 0 Å². The summed E-state index contributed by atoms with van der Waals surface area (Å²) in [4.78, 5) is 29.6. The molecule has 1 aromatic carbocycles. The van der Waals surface area contributed by atoms with E-state index in [1.807, 2.05) is 19.9 Å². The molecule has 160 valence electrons. The van der Waals surface area contributed by atoms with Gasteiger partial charge >= 0.3 is 0 Å². The Morgan fingerprint density at radius 2 is 1.97 bits per heavy atom. The fourth-order valence-corrected chi connectivity index (χ4v) is 4.76. The van der Waals surface area contributed by atoms with Gasteiger partial charge in [0.1, 0.15) is 11.4 Å². The van der Waals surface area contributed by atoms with Gasteiger partial charge in [0.15, 0.2) is 6.10 Å². The molecule has 0 radical (unpaired) electrons. The van der Waals surface area contributed by atoms with Crippen molar-refractivity contribution < 1.29 is 22.7 Å². The lowest BCUT2D eigenvalue weighted by molar-refractivity contribution is -0.125. The van der Waals surface area contributed by atoms with E-state index < -0.39 is 16.1 Å². The van der Waals surface area contributed by atoms with Crippen molar-refractivity contribution >= 4 is 27.5 Å². The molecule has 1 aromatic heterocycles. The highest BCUT2D eigenvalue weighted by Gasteiger charge is 2.38. The molecule has 10 heteroatoms. The maximum absolute atomic E-state index is 12.6. The number of likely N-dealkylation sites (N-methyl/N-ethyl adjacent to an activating group) is 1. The first-order chi connectivity index (χ1) is 14.1. The van der Waals surface area contributed by atoms with Gasteiger partial charge in [0.25, 0.3) is 11.8 Å². The standard InChI is InChI=1S/C20H24N4O5S/c1-10(2)17-19(25)23-15-8-11(30(27,28)21-3)7-13(18(15)29-17)14-9-24(4)20(26)16-12(14)5-6-22-16/h5-8,10,14,17,21-22H,9H2,1-4H3,(H,23,25). The van der Waals surface area contributed by atoms with E-state index in [2.05, 4.69) is 15.0 Å². The van der Waals surface area contributed by atoms with E-state index in [0.29, 0.717) is 29.2 Å². The smallest absolute Gasteiger partial charge is 0.270 e. The maximum Gasteiger partial charge on any atom is 0.270 e. The van der Waals surface area contributed by atoms with Crippen LogP contribution in [0.3, 0.4) is 0 Å². The largest absolute Gasteiger partial charge is 0.478 e. The van der Waals surface area contributed by atoms with Crippen LogP contribution in [0.2, 0.25) is 0 Å². The first-order valence-electron chi connectivity index (χ1n) is 9.65. The van der Waals surface area contributed by atoms with Crippen LogP contribution in [0.15, 0.2) is 29.3 Å². The number of benzene rings is 1. The van der Waals surface area contributed by atoms with Gasteiger partial charge in [0.2, 0.25) is 10.0 Å². The fraction of sp³-hybridized carbons (Fsp3) is 0.400. The average molecular weight is 433 g/mol. The van der Waals surface area contributed by atoms with E-state index in [9.17, 15) is 18.0 Å². The molecule has 3 N–H and O–H groups in total. The summed E-state index contributed by atoms with van der Waals surface area (Å²) in [5, 5.41) is 2.80. The Morgan fingerprint density at radius 1 is 1.23 bits per heavy atom. The van der Waals surface area contributed by atoms with Gasteiger partial charge in [-0.05, 0) is 36.7 Å². The zero-order valence-corrected chi connectivity index (χ0v) is 18.0. The van der Waals surface area contributed by atoms with Gasteiger partial charge in [0, 0.05) is 31.3 Å². The molecule has 0 fully saturated rings. The number of amides is 2. The van der Waals surface area contributed by atoms with Gasteiger partial charge in [-0.3, -0.25) is 9.59 Å². The predicted molar refractivity (Wildman–Crippen MR) is 110 cm³/mol. The van der Waals surface area contributed by atoms with Crippen LogP contribution in [0.5, 0.6) is 5.75 Å². The summed E-state index contributed by atoms with van der Waals surface area (Å²) in [5.74, 6) is -0.417. The van der Waals surface area contributed by atoms with Crippen molar-refractivity contribution in [1.82, 2.24) is 14.6 Å². The fourth-order valence-electron chi connectivity index (χ4n) is 3.97. The number of carbonyl (C=O) groups is 2. The monoisotopic (exact) mass is 432 g/mol. The molecule has 0 saturated heterocycles. The number of hydrogen-bond donors (Lipinski definition) is 3. The molecular formula is C20H24N4O5S. The molecule has 4 rings (SSSR count). The Bertz CT molecular complexity index is 1140. The Balaban J connectivity index is 1.94. The first kappa shape index (κ1) is 20.4. The second-order valence-electron chi connectivity index (χ2n) is 7.91. The second-order valence-corrected chi connectivity index (χ2v) is 9.80. The van der Waals surface area contributed by atoms with Gasteiger partial charge < -0.3 is 19.9 Å². The Labute approximate surface area is 174 Å². The van der Waals surface area contributed by atoms with E-state index in [0.717, 1.165) is 5.56 Å². The first-order valence-corrected chi connectivity index (χ1v) is 11.1. The summed E-state index contributed by atoms with van der Waals surface area (Å²) in [5.41, 5.74) is 2.14. The number of sulfonamides is 1. The Hall–Kier alpha value is -2.85. The van der Waals surface area contributed by atoms with E-state index in [1.54, 1.807) is 24.2 Å². The number of aromatic nitrogens is 1. The van der Waals surface area contributed by atoms with Gasteiger partial charge in [0.05, 0.1) is 10.6 Å². The van der Waals surface area contributed by atoms with Gasteiger partial charge in [-0.1, -0.05) is 13.8 Å². The van der Waals surface area contributed by atoms with Crippen LogP contribution in [0, 0.1) is 5.92 Å². The highest BCUT2D eigenvalue weighted by molar-refractivity contribution is 7.89. The van der Waals surface area contributed by atoms with Gasteiger partial charge in [-0.25, -0.2) is 13.1 Å². The number of H-pyrrole nitrogens is 1. The molecule has 0 saturated carbocycles. The molecule has 2 unspecified atom stereocenters. The second kappa shape index (κ2) is 7.13. The van der Waals surface area contributed by atoms with Crippen molar-refractivity contribution in [2.75, 3.05) is 26.0 Å². The zero-order valence-electron chi connectivity index (χ0n) is 17.1. The molecular weight excluding hydrogens is 408 g/mol. The quantitative estimate of drug-likeness (QED) is 0.676. The van der Waals surface area contributed by atoms with Crippen molar-refractivity contribution in [3.8, 4) is 5.75 Å². The van der Waals surface area contributed by atoms with Crippen LogP contribution < -0.4 is 14.8 Å². The molecule has 2 atom stereocenters. The molecule has 2 amide bonds. The summed E-state index contributed by atoms with van der Waals surface area (Å²) in [6.45, 7) is 4.11. The molecule has 9 nitrogen and oxygen atoms in total. The molecule has 0 bridgehead atoms. The van der Waals surface area contributed by atoms with E-state index in [-0.39, 0.29) is 28.5 Å². The number of nitrogens with one attached hydrogen (secondary N) is 3. The lowest BCUT2D eigenvalue weighted by Gasteiger charge is -2.35. The summed E-state index contributed by atoms with van der Waals surface area (Å²) >= 11 is 0. The van der Waals surface area contributed by atoms with Crippen LogP contribution in [0.1, 0.15) is 41.4 Å². The van der Waals surface area contributed by atoms with Crippen molar-refractivity contribution in [1.29, 1.82) is 0 Å². The maximum atomic E-state index is 12.6. The number of aromatic amines is 1. The third-order valence-electron chi connectivity index (χ3n) is 5.58. The van der Waals surface area contributed by atoms with E-state index in [4.69, 9.17) is 4.74 Å². The minimum atomic E-state index is -3.77. The number of fused-ring (bicyclic) bond motifs is 2. The van der Waals surface area contributed by atoms with Crippen LogP contribution in [-0.2, 0) is 14.8 Å². The van der Waals surface area contributed by atoms with Crippen LogP contribution in [0.4, 0.5) is 5.69 Å². The normalized spacial score (nSPS) is 21.2. The third-order valence-corrected chi connectivity index (χ3v) is 6.98. The van der Waals surface area contributed by atoms with Crippen LogP contribution in [-0.4, -0.2) is 56.9 Å². The predicted octanol–water partition coefficient (Wildman–Crippen LogP) is 1.50. The zero-order chi connectivity index (χ0) is 21.8. The van der Waals surface area contributed by atoms with Gasteiger partial charge in [-0.2, -0.15) is 0 Å². The molecule has 0 spiro atoms. The number of rotatable bonds is 4. The number of hydrogen-bond acceptors (Lipinski definition) is 5. The van der Waals surface area contributed by atoms with Crippen LogP contribution >= 0.6 is 0 Å². The number of nitrogens with zero attached hydrogens (tertiary/aromatic N) is 1. The van der Waals surface area contributed by atoms with Crippen molar-refractivity contribution in [2.45, 2.75) is 30.8 Å². The molecule has 2 aromatic rings. The summed E-state index contributed by atoms with van der Waals surface area (Å²) < 4.78 is 33.5. The molecule has 0 aliphatic carbocycles. The minimum absolute atomic E-state index is 0.0160. The van der Waals surface area contributed by atoms with Crippen molar-refractivity contribution in [3.05, 3.63) is 41.2 Å². The topological polar surface area (TPSA) is 121 Å².